The summed E-state index contributed by atoms with van der Waals surface area (Å²) in [6, 6.07) is 9.79. The normalized spacial score (nSPS) is 14.9. The fourth-order valence-corrected chi connectivity index (χ4v) is 3.50. The van der Waals surface area contributed by atoms with E-state index < -0.39 is 0 Å². The van der Waals surface area contributed by atoms with Gasteiger partial charge in [-0.1, -0.05) is 11.2 Å². The summed E-state index contributed by atoms with van der Waals surface area (Å²) in [6.07, 6.45) is 3.83. The van der Waals surface area contributed by atoms with E-state index in [1.54, 1.807) is 14.2 Å². The van der Waals surface area contributed by atoms with Crippen molar-refractivity contribution in [2.45, 2.75) is 25.7 Å². The van der Waals surface area contributed by atoms with E-state index in [0.29, 0.717) is 23.2 Å². The fraction of sp³-hybridized carbons (Fsp3) is 0.381. The number of pyridine rings is 1. The standard InChI is InChI=1S/C21H24N4O3/c1-14-4-7-19(22-13-14)25-10-8-15(9-11-25)21-23-20(24-28-21)16-5-6-17(26-2)18(12-16)27-3/h4-7,12-13,15H,8-11H2,1-3H3. The minimum Gasteiger partial charge on any atom is -0.493 e. The predicted molar refractivity (Wildman–Crippen MR) is 106 cm³/mol. The molecule has 1 aliphatic heterocycles. The zero-order chi connectivity index (χ0) is 19.5. The second-order valence-corrected chi connectivity index (χ2v) is 6.98. The van der Waals surface area contributed by atoms with Gasteiger partial charge in [-0.25, -0.2) is 4.98 Å². The lowest BCUT2D eigenvalue weighted by Gasteiger charge is -2.31. The number of aromatic nitrogens is 3. The van der Waals surface area contributed by atoms with Crippen molar-refractivity contribution < 1.29 is 14.0 Å². The molecular formula is C21H24N4O3. The van der Waals surface area contributed by atoms with E-state index in [1.165, 1.54) is 5.56 Å². The molecule has 1 saturated heterocycles. The summed E-state index contributed by atoms with van der Waals surface area (Å²) < 4.78 is 16.2. The molecule has 0 amide bonds. The first-order valence-corrected chi connectivity index (χ1v) is 9.41. The number of nitrogens with zero attached hydrogens (tertiary/aromatic N) is 4. The number of benzene rings is 1. The number of hydrogen-bond donors (Lipinski definition) is 0. The minimum absolute atomic E-state index is 0.267. The third-order valence-corrected chi connectivity index (χ3v) is 5.15. The molecule has 28 heavy (non-hydrogen) atoms. The van der Waals surface area contributed by atoms with Gasteiger partial charge < -0.3 is 18.9 Å². The second-order valence-electron chi connectivity index (χ2n) is 6.98. The van der Waals surface area contributed by atoms with Crippen LogP contribution in [-0.4, -0.2) is 42.4 Å². The third kappa shape index (κ3) is 3.65. The van der Waals surface area contributed by atoms with Crippen molar-refractivity contribution in [2.75, 3.05) is 32.2 Å². The quantitative estimate of drug-likeness (QED) is 0.666. The molecule has 0 unspecified atom stereocenters. The Kier molecular flexibility index (Phi) is 5.14. The van der Waals surface area contributed by atoms with Crippen LogP contribution in [0.2, 0.25) is 0 Å². The lowest BCUT2D eigenvalue weighted by Crippen LogP contribution is -2.33. The van der Waals surface area contributed by atoms with Crippen LogP contribution >= 0.6 is 0 Å². The minimum atomic E-state index is 0.267. The monoisotopic (exact) mass is 380 g/mol. The van der Waals surface area contributed by atoms with Gasteiger partial charge in [0.05, 0.1) is 14.2 Å². The van der Waals surface area contributed by atoms with Gasteiger partial charge in [0.25, 0.3) is 0 Å². The van der Waals surface area contributed by atoms with Crippen molar-refractivity contribution in [2.24, 2.45) is 0 Å². The Morgan fingerprint density at radius 2 is 1.82 bits per heavy atom. The molecule has 7 nitrogen and oxygen atoms in total. The maximum absolute atomic E-state index is 5.58. The number of anilines is 1. The highest BCUT2D eigenvalue weighted by Gasteiger charge is 2.26. The highest BCUT2D eigenvalue weighted by atomic mass is 16.5. The van der Waals surface area contributed by atoms with E-state index in [0.717, 1.165) is 37.3 Å². The summed E-state index contributed by atoms with van der Waals surface area (Å²) in [5.74, 6) is 3.88. The lowest BCUT2D eigenvalue weighted by atomic mass is 9.96. The predicted octanol–water partition coefficient (Wildman–Crippen LogP) is 3.84. The Labute approximate surface area is 164 Å². The Balaban J connectivity index is 1.45. The van der Waals surface area contributed by atoms with E-state index in [4.69, 9.17) is 14.0 Å². The van der Waals surface area contributed by atoms with Gasteiger partial charge in [-0.05, 0) is 49.6 Å². The number of hydrogen-bond acceptors (Lipinski definition) is 7. The Morgan fingerprint density at radius 3 is 2.50 bits per heavy atom. The van der Waals surface area contributed by atoms with E-state index >= 15 is 0 Å². The van der Waals surface area contributed by atoms with Crippen molar-refractivity contribution in [3.8, 4) is 22.9 Å². The molecular weight excluding hydrogens is 356 g/mol. The first-order valence-electron chi connectivity index (χ1n) is 9.41. The summed E-state index contributed by atoms with van der Waals surface area (Å²) in [6.45, 7) is 3.90. The number of piperidine rings is 1. The van der Waals surface area contributed by atoms with Crippen LogP contribution in [0.4, 0.5) is 5.82 Å². The summed E-state index contributed by atoms with van der Waals surface area (Å²) in [5.41, 5.74) is 2.01. The van der Waals surface area contributed by atoms with Gasteiger partial charge in [0.1, 0.15) is 5.82 Å². The number of rotatable bonds is 5. The van der Waals surface area contributed by atoms with Crippen LogP contribution in [0.3, 0.4) is 0 Å². The highest BCUT2D eigenvalue weighted by Crippen LogP contribution is 2.33. The van der Waals surface area contributed by atoms with E-state index in [1.807, 2.05) is 24.4 Å². The maximum atomic E-state index is 5.58. The van der Waals surface area contributed by atoms with Crippen molar-refractivity contribution >= 4 is 5.82 Å². The van der Waals surface area contributed by atoms with Gasteiger partial charge in [0.2, 0.25) is 11.7 Å². The number of methoxy groups -OCH3 is 2. The molecule has 0 saturated carbocycles. The number of aryl methyl sites for hydroxylation is 1. The van der Waals surface area contributed by atoms with E-state index in [9.17, 15) is 0 Å². The summed E-state index contributed by atoms with van der Waals surface area (Å²) >= 11 is 0. The van der Waals surface area contributed by atoms with Gasteiger partial charge in [-0.2, -0.15) is 4.98 Å². The molecule has 146 valence electrons. The molecule has 0 bridgehead atoms. The van der Waals surface area contributed by atoms with Gasteiger partial charge in [-0.3, -0.25) is 0 Å². The van der Waals surface area contributed by atoms with Crippen LogP contribution in [0, 0.1) is 6.92 Å². The smallest absolute Gasteiger partial charge is 0.230 e. The summed E-state index contributed by atoms with van der Waals surface area (Å²) in [7, 11) is 3.22. The fourth-order valence-electron chi connectivity index (χ4n) is 3.50. The average molecular weight is 380 g/mol. The molecule has 1 aliphatic rings. The SMILES string of the molecule is COc1ccc(-c2noc(C3CCN(c4ccc(C)cn4)CC3)n2)cc1OC. The van der Waals surface area contributed by atoms with Crippen molar-refractivity contribution in [3.63, 3.8) is 0 Å². The summed E-state index contributed by atoms with van der Waals surface area (Å²) in [4.78, 5) is 11.5. The molecule has 4 rings (SSSR count). The van der Waals surface area contributed by atoms with E-state index in [-0.39, 0.29) is 5.92 Å². The van der Waals surface area contributed by atoms with Crippen LogP contribution in [0.1, 0.15) is 30.2 Å². The molecule has 7 heteroatoms. The second kappa shape index (κ2) is 7.88. The van der Waals surface area contributed by atoms with Gasteiger partial charge in [0.15, 0.2) is 11.5 Å². The van der Waals surface area contributed by atoms with Crippen molar-refractivity contribution in [3.05, 3.63) is 48.0 Å². The maximum Gasteiger partial charge on any atom is 0.230 e. The molecule has 0 radical (unpaired) electrons. The van der Waals surface area contributed by atoms with Crippen LogP contribution in [0.15, 0.2) is 41.1 Å². The first kappa shape index (κ1) is 18.3. The topological polar surface area (TPSA) is 73.5 Å². The molecule has 2 aromatic heterocycles. The zero-order valence-corrected chi connectivity index (χ0v) is 16.4. The molecule has 0 atom stereocenters. The molecule has 1 aromatic carbocycles. The molecule has 0 spiro atoms. The third-order valence-electron chi connectivity index (χ3n) is 5.15. The first-order chi connectivity index (χ1) is 13.7. The van der Waals surface area contributed by atoms with Gasteiger partial charge in [-0.15, -0.1) is 0 Å². The zero-order valence-electron chi connectivity index (χ0n) is 16.4. The molecule has 3 aromatic rings. The number of ether oxygens (including phenoxy) is 2. The van der Waals surface area contributed by atoms with E-state index in [2.05, 4.69) is 39.1 Å². The van der Waals surface area contributed by atoms with Crippen molar-refractivity contribution in [1.82, 2.24) is 15.1 Å². The Bertz CT molecular complexity index is 931. The Hall–Kier alpha value is -3.09. The molecule has 0 aliphatic carbocycles. The van der Waals surface area contributed by atoms with Crippen LogP contribution in [0.25, 0.3) is 11.4 Å². The largest absolute Gasteiger partial charge is 0.493 e. The van der Waals surface area contributed by atoms with Gasteiger partial charge >= 0.3 is 0 Å². The highest BCUT2D eigenvalue weighted by molar-refractivity contribution is 5.60. The molecule has 3 heterocycles. The van der Waals surface area contributed by atoms with Crippen LogP contribution < -0.4 is 14.4 Å². The summed E-state index contributed by atoms with van der Waals surface area (Å²) in [5, 5.41) is 4.17. The lowest BCUT2D eigenvalue weighted by molar-refractivity contribution is 0.329. The average Bonchev–Trinajstić information content (AvgIpc) is 3.24. The molecule has 1 fully saturated rings. The van der Waals surface area contributed by atoms with Crippen molar-refractivity contribution in [1.29, 1.82) is 0 Å². The van der Waals surface area contributed by atoms with Crippen LogP contribution in [0.5, 0.6) is 11.5 Å². The van der Waals surface area contributed by atoms with Gasteiger partial charge in [0, 0.05) is 30.8 Å². The molecule has 0 N–H and O–H groups in total. The van der Waals surface area contributed by atoms with Crippen LogP contribution in [-0.2, 0) is 0 Å². The Morgan fingerprint density at radius 1 is 1.04 bits per heavy atom.